The van der Waals surface area contributed by atoms with E-state index in [4.69, 9.17) is 16.3 Å². The average Bonchev–Trinajstić information content (AvgIpc) is 2.74. The number of halogens is 1. The number of hydrogen-bond donors (Lipinski definition) is 0. The van der Waals surface area contributed by atoms with Crippen LogP contribution in [0.3, 0.4) is 0 Å². The normalized spacial score (nSPS) is 13.5. The standard InChI is InChI=1S/C14H10ClN3O3/c1-21-9-2-3-11-10(4-9)13(19)14(20)18(11)7-8-5-17-12(15)6-16-8/h2-6H,7H2,1H3. The Kier molecular flexibility index (Phi) is 3.31. The summed E-state index contributed by atoms with van der Waals surface area (Å²) in [4.78, 5) is 33.5. The van der Waals surface area contributed by atoms with Crippen LogP contribution >= 0.6 is 11.6 Å². The number of anilines is 1. The number of ketones is 1. The van der Waals surface area contributed by atoms with E-state index >= 15 is 0 Å². The number of rotatable bonds is 3. The molecule has 1 aromatic heterocycles. The van der Waals surface area contributed by atoms with Gasteiger partial charge in [-0.1, -0.05) is 11.6 Å². The third-order valence-electron chi connectivity index (χ3n) is 3.17. The van der Waals surface area contributed by atoms with Gasteiger partial charge in [0.15, 0.2) is 0 Å². The van der Waals surface area contributed by atoms with Crippen LogP contribution < -0.4 is 9.64 Å². The molecule has 0 saturated heterocycles. The summed E-state index contributed by atoms with van der Waals surface area (Å²) < 4.78 is 5.07. The molecule has 1 aliphatic rings. The third kappa shape index (κ3) is 2.34. The van der Waals surface area contributed by atoms with Gasteiger partial charge in [-0.15, -0.1) is 0 Å². The lowest BCUT2D eigenvalue weighted by Crippen LogP contribution is -2.29. The second-order valence-corrected chi connectivity index (χ2v) is 4.82. The van der Waals surface area contributed by atoms with Crippen molar-refractivity contribution in [1.82, 2.24) is 9.97 Å². The summed E-state index contributed by atoms with van der Waals surface area (Å²) in [5.74, 6) is -0.608. The molecule has 7 heteroatoms. The van der Waals surface area contributed by atoms with Crippen molar-refractivity contribution in [1.29, 1.82) is 0 Å². The summed E-state index contributed by atoms with van der Waals surface area (Å²) in [7, 11) is 1.50. The SMILES string of the molecule is COc1ccc2c(c1)C(=O)C(=O)N2Cc1cnc(Cl)cn1. The number of ether oxygens (including phenoxy) is 1. The molecule has 1 aliphatic heterocycles. The van der Waals surface area contributed by atoms with Gasteiger partial charge < -0.3 is 4.74 Å². The Morgan fingerprint density at radius 3 is 2.71 bits per heavy atom. The van der Waals surface area contributed by atoms with Crippen LogP contribution in [-0.2, 0) is 11.3 Å². The van der Waals surface area contributed by atoms with Crippen LogP contribution in [0.2, 0.25) is 5.15 Å². The van der Waals surface area contributed by atoms with Crippen molar-refractivity contribution in [2.24, 2.45) is 0 Å². The molecule has 0 bridgehead atoms. The van der Waals surface area contributed by atoms with Crippen LogP contribution in [0, 0.1) is 0 Å². The molecule has 0 aliphatic carbocycles. The molecule has 0 spiro atoms. The molecule has 1 aromatic carbocycles. The second kappa shape index (κ2) is 5.14. The van der Waals surface area contributed by atoms with E-state index in [0.29, 0.717) is 22.7 Å². The lowest BCUT2D eigenvalue weighted by molar-refractivity contribution is -0.114. The minimum Gasteiger partial charge on any atom is -0.497 e. The highest BCUT2D eigenvalue weighted by molar-refractivity contribution is 6.52. The summed E-state index contributed by atoms with van der Waals surface area (Å²) in [5.41, 5.74) is 1.42. The zero-order valence-electron chi connectivity index (χ0n) is 11.0. The fourth-order valence-electron chi connectivity index (χ4n) is 2.15. The van der Waals surface area contributed by atoms with Crippen LogP contribution in [0.1, 0.15) is 16.1 Å². The Labute approximate surface area is 125 Å². The van der Waals surface area contributed by atoms with Crippen molar-refractivity contribution in [2.45, 2.75) is 6.54 Å². The van der Waals surface area contributed by atoms with Gasteiger partial charge in [-0.3, -0.25) is 19.5 Å². The molecule has 0 N–H and O–H groups in total. The predicted molar refractivity (Wildman–Crippen MR) is 75.6 cm³/mol. The van der Waals surface area contributed by atoms with Gasteiger partial charge in [-0.05, 0) is 18.2 Å². The molecule has 2 heterocycles. The van der Waals surface area contributed by atoms with E-state index in [1.54, 1.807) is 18.2 Å². The van der Waals surface area contributed by atoms with Crippen LogP contribution in [0.25, 0.3) is 0 Å². The molecule has 2 aromatic rings. The van der Waals surface area contributed by atoms with Crippen LogP contribution in [0.4, 0.5) is 5.69 Å². The third-order valence-corrected chi connectivity index (χ3v) is 3.37. The first-order valence-corrected chi connectivity index (χ1v) is 6.48. The summed E-state index contributed by atoms with van der Waals surface area (Å²) in [6.07, 6.45) is 2.87. The van der Waals surface area contributed by atoms with E-state index in [-0.39, 0.29) is 11.7 Å². The van der Waals surface area contributed by atoms with Gasteiger partial charge in [-0.2, -0.15) is 0 Å². The van der Waals surface area contributed by atoms with Crippen LogP contribution in [-0.4, -0.2) is 28.8 Å². The first-order valence-electron chi connectivity index (χ1n) is 6.11. The number of Topliss-reactive ketones (excluding diaryl/α,β-unsaturated/α-hetero) is 1. The highest BCUT2D eigenvalue weighted by Crippen LogP contribution is 2.32. The molecule has 21 heavy (non-hydrogen) atoms. The monoisotopic (exact) mass is 303 g/mol. The summed E-state index contributed by atoms with van der Waals surface area (Å²) in [6.45, 7) is 0.161. The Balaban J connectivity index is 1.96. The highest BCUT2D eigenvalue weighted by Gasteiger charge is 2.36. The number of hydrogen-bond acceptors (Lipinski definition) is 5. The lowest BCUT2D eigenvalue weighted by Gasteiger charge is -2.15. The van der Waals surface area contributed by atoms with Crippen LogP contribution in [0.15, 0.2) is 30.6 Å². The van der Waals surface area contributed by atoms with Gasteiger partial charge in [-0.25, -0.2) is 4.98 Å². The topological polar surface area (TPSA) is 72.4 Å². The van der Waals surface area contributed by atoms with E-state index in [1.165, 1.54) is 24.4 Å². The minimum atomic E-state index is -0.588. The van der Waals surface area contributed by atoms with E-state index < -0.39 is 11.7 Å². The Bertz CT molecular complexity index is 731. The highest BCUT2D eigenvalue weighted by atomic mass is 35.5. The van der Waals surface area contributed by atoms with E-state index in [1.807, 2.05) is 0 Å². The molecular weight excluding hydrogens is 294 g/mol. The van der Waals surface area contributed by atoms with Crippen molar-refractivity contribution in [3.8, 4) is 5.75 Å². The number of fused-ring (bicyclic) bond motifs is 1. The number of nitrogens with zero attached hydrogens (tertiary/aromatic N) is 3. The average molecular weight is 304 g/mol. The number of carbonyl (C=O) groups excluding carboxylic acids is 2. The molecule has 6 nitrogen and oxygen atoms in total. The molecule has 1 amide bonds. The van der Waals surface area contributed by atoms with Crippen molar-refractivity contribution in [3.63, 3.8) is 0 Å². The Hall–Kier alpha value is -2.47. The zero-order valence-corrected chi connectivity index (χ0v) is 11.8. The van der Waals surface area contributed by atoms with Crippen molar-refractivity contribution in [2.75, 3.05) is 12.0 Å². The predicted octanol–water partition coefficient (Wildman–Crippen LogP) is 1.87. The maximum atomic E-state index is 12.1. The fraction of sp³-hybridized carbons (Fsp3) is 0.143. The molecule has 0 unspecified atom stereocenters. The van der Waals surface area contributed by atoms with Crippen molar-refractivity contribution < 1.29 is 14.3 Å². The van der Waals surface area contributed by atoms with Gasteiger partial charge in [0.1, 0.15) is 10.9 Å². The molecular formula is C14H10ClN3O3. The van der Waals surface area contributed by atoms with E-state index in [2.05, 4.69) is 9.97 Å². The molecule has 0 radical (unpaired) electrons. The fourth-order valence-corrected chi connectivity index (χ4v) is 2.24. The molecule has 0 saturated carbocycles. The zero-order chi connectivity index (χ0) is 15.0. The number of amides is 1. The van der Waals surface area contributed by atoms with Gasteiger partial charge in [0.05, 0.1) is 43.0 Å². The molecule has 106 valence electrons. The smallest absolute Gasteiger partial charge is 0.299 e. The largest absolute Gasteiger partial charge is 0.497 e. The van der Waals surface area contributed by atoms with E-state index in [9.17, 15) is 9.59 Å². The second-order valence-electron chi connectivity index (χ2n) is 4.43. The van der Waals surface area contributed by atoms with Gasteiger partial charge in [0, 0.05) is 0 Å². The van der Waals surface area contributed by atoms with Gasteiger partial charge in [0.25, 0.3) is 11.7 Å². The Morgan fingerprint density at radius 2 is 2.05 bits per heavy atom. The Morgan fingerprint density at radius 1 is 1.24 bits per heavy atom. The van der Waals surface area contributed by atoms with Crippen molar-refractivity contribution in [3.05, 3.63) is 47.0 Å². The van der Waals surface area contributed by atoms with Gasteiger partial charge >= 0.3 is 0 Å². The van der Waals surface area contributed by atoms with Crippen molar-refractivity contribution >= 4 is 29.0 Å². The quantitative estimate of drug-likeness (QED) is 0.809. The summed E-state index contributed by atoms with van der Waals surface area (Å²) >= 11 is 5.67. The lowest BCUT2D eigenvalue weighted by atomic mass is 10.1. The number of aromatic nitrogens is 2. The maximum absolute atomic E-state index is 12.1. The first kappa shape index (κ1) is 13.5. The maximum Gasteiger partial charge on any atom is 0.299 e. The molecule has 0 atom stereocenters. The van der Waals surface area contributed by atoms with E-state index in [0.717, 1.165) is 0 Å². The number of benzene rings is 1. The molecule has 3 rings (SSSR count). The first-order chi connectivity index (χ1) is 10.1. The van der Waals surface area contributed by atoms with Crippen LogP contribution in [0.5, 0.6) is 5.75 Å². The number of methoxy groups -OCH3 is 1. The summed E-state index contributed by atoms with van der Waals surface area (Å²) in [6, 6.07) is 4.94. The molecule has 0 fully saturated rings. The number of carbonyl (C=O) groups is 2. The minimum absolute atomic E-state index is 0.161. The summed E-state index contributed by atoms with van der Waals surface area (Å²) in [5, 5.41) is 0.271. The van der Waals surface area contributed by atoms with Gasteiger partial charge in [0.2, 0.25) is 0 Å².